The second-order valence-corrected chi connectivity index (χ2v) is 5.18. The van der Waals surface area contributed by atoms with Crippen LogP contribution in [0.5, 0.6) is 0 Å². The third kappa shape index (κ3) is 2.36. The van der Waals surface area contributed by atoms with Crippen molar-refractivity contribution in [2.75, 3.05) is 18.9 Å². The normalized spacial score (nSPS) is 19.5. The number of aromatic nitrogens is 2. The molecule has 0 spiro atoms. The molecule has 0 amide bonds. The van der Waals surface area contributed by atoms with Crippen LogP contribution in [0.3, 0.4) is 0 Å². The maximum absolute atomic E-state index is 6.05. The molecule has 4 nitrogen and oxygen atoms in total. The highest BCUT2D eigenvalue weighted by Gasteiger charge is 2.23. The van der Waals surface area contributed by atoms with Crippen molar-refractivity contribution in [3.05, 3.63) is 35.5 Å². The summed E-state index contributed by atoms with van der Waals surface area (Å²) < 4.78 is 5.57. The zero-order valence-corrected chi connectivity index (χ0v) is 11.1. The van der Waals surface area contributed by atoms with Crippen LogP contribution in [0.4, 0.5) is 5.82 Å². The molecule has 3 rings (SSSR count). The van der Waals surface area contributed by atoms with Gasteiger partial charge in [0, 0.05) is 18.1 Å². The van der Waals surface area contributed by atoms with Crippen LogP contribution in [-0.4, -0.2) is 23.4 Å². The average molecular weight is 257 g/mol. The number of benzene rings is 1. The lowest BCUT2D eigenvalue weighted by molar-refractivity contribution is 0.0794. The fraction of sp³-hybridized carbons (Fsp3) is 0.400. The summed E-state index contributed by atoms with van der Waals surface area (Å²) in [5.41, 5.74) is 10.6. The van der Waals surface area contributed by atoms with Crippen LogP contribution in [0.2, 0.25) is 0 Å². The first-order valence-corrected chi connectivity index (χ1v) is 6.74. The van der Waals surface area contributed by atoms with Crippen LogP contribution in [0.25, 0.3) is 11.1 Å². The summed E-state index contributed by atoms with van der Waals surface area (Å²) in [5.74, 6) is 0.945. The first-order chi connectivity index (χ1) is 9.25. The van der Waals surface area contributed by atoms with Crippen LogP contribution in [-0.2, 0) is 4.74 Å². The van der Waals surface area contributed by atoms with Crippen LogP contribution < -0.4 is 5.73 Å². The van der Waals surface area contributed by atoms with E-state index in [0.717, 1.165) is 42.9 Å². The first-order valence-electron chi connectivity index (χ1n) is 6.74. The standard InChI is InChI=1S/C15H19N3O/c1-10-4-2-5-11(8-10)13-14(17-18-15(13)16)12-6-3-7-19-9-12/h2,4-5,8,12H,3,6-7,9H2,1H3,(H3,16,17,18). The summed E-state index contributed by atoms with van der Waals surface area (Å²) >= 11 is 0. The molecule has 1 unspecified atom stereocenters. The minimum absolute atomic E-state index is 0.370. The molecule has 0 aliphatic carbocycles. The van der Waals surface area contributed by atoms with Crippen molar-refractivity contribution in [1.29, 1.82) is 0 Å². The molecular formula is C15H19N3O. The summed E-state index contributed by atoms with van der Waals surface area (Å²) in [6, 6.07) is 8.37. The quantitative estimate of drug-likeness (QED) is 0.869. The lowest BCUT2D eigenvalue weighted by atomic mass is 9.92. The first kappa shape index (κ1) is 12.2. The number of rotatable bonds is 2. The monoisotopic (exact) mass is 257 g/mol. The van der Waals surface area contributed by atoms with Crippen molar-refractivity contribution in [2.24, 2.45) is 0 Å². The van der Waals surface area contributed by atoms with Gasteiger partial charge in [-0.05, 0) is 25.3 Å². The number of aryl methyl sites for hydroxylation is 1. The van der Waals surface area contributed by atoms with Gasteiger partial charge in [-0.3, -0.25) is 5.10 Å². The number of hydrogen-bond acceptors (Lipinski definition) is 3. The van der Waals surface area contributed by atoms with E-state index >= 15 is 0 Å². The van der Waals surface area contributed by atoms with E-state index in [2.05, 4.69) is 41.4 Å². The third-order valence-electron chi connectivity index (χ3n) is 3.70. The van der Waals surface area contributed by atoms with E-state index in [4.69, 9.17) is 10.5 Å². The minimum Gasteiger partial charge on any atom is -0.382 e. The van der Waals surface area contributed by atoms with E-state index in [1.54, 1.807) is 0 Å². The molecule has 1 aliphatic heterocycles. The van der Waals surface area contributed by atoms with E-state index in [9.17, 15) is 0 Å². The van der Waals surface area contributed by atoms with Gasteiger partial charge < -0.3 is 10.5 Å². The predicted molar refractivity (Wildman–Crippen MR) is 76.0 cm³/mol. The molecule has 0 radical (unpaired) electrons. The SMILES string of the molecule is Cc1cccc(-c2c(N)n[nH]c2C2CCCOC2)c1. The Hall–Kier alpha value is -1.81. The van der Waals surface area contributed by atoms with Crippen molar-refractivity contribution >= 4 is 5.82 Å². The van der Waals surface area contributed by atoms with Gasteiger partial charge in [-0.25, -0.2) is 0 Å². The van der Waals surface area contributed by atoms with Gasteiger partial charge in [0.1, 0.15) is 0 Å². The molecule has 2 heterocycles. The molecule has 2 aromatic rings. The lowest BCUT2D eigenvalue weighted by Crippen LogP contribution is -2.16. The number of nitrogen functional groups attached to an aromatic ring is 1. The Labute approximate surface area is 113 Å². The highest BCUT2D eigenvalue weighted by molar-refractivity contribution is 5.77. The van der Waals surface area contributed by atoms with Crippen LogP contribution in [0, 0.1) is 6.92 Å². The zero-order chi connectivity index (χ0) is 13.2. The summed E-state index contributed by atoms with van der Waals surface area (Å²) in [6.07, 6.45) is 2.22. The highest BCUT2D eigenvalue weighted by Crippen LogP contribution is 2.35. The molecule has 1 atom stereocenters. The number of aromatic amines is 1. The lowest BCUT2D eigenvalue weighted by Gasteiger charge is -2.22. The minimum atomic E-state index is 0.370. The van der Waals surface area contributed by atoms with Crippen LogP contribution in [0.1, 0.15) is 30.0 Å². The molecule has 0 bridgehead atoms. The van der Waals surface area contributed by atoms with Gasteiger partial charge in [0.2, 0.25) is 0 Å². The van der Waals surface area contributed by atoms with Gasteiger partial charge in [0.25, 0.3) is 0 Å². The largest absolute Gasteiger partial charge is 0.382 e. The molecule has 1 fully saturated rings. The molecule has 1 saturated heterocycles. The van der Waals surface area contributed by atoms with E-state index < -0.39 is 0 Å². The summed E-state index contributed by atoms with van der Waals surface area (Å²) in [6.45, 7) is 3.70. The van der Waals surface area contributed by atoms with Crippen LogP contribution in [0.15, 0.2) is 24.3 Å². The number of nitrogens with zero attached hydrogens (tertiary/aromatic N) is 1. The fourth-order valence-corrected chi connectivity index (χ4v) is 2.74. The summed E-state index contributed by atoms with van der Waals surface area (Å²) in [7, 11) is 0. The summed E-state index contributed by atoms with van der Waals surface area (Å²) in [5, 5.41) is 7.30. The number of hydrogen-bond donors (Lipinski definition) is 2. The molecule has 4 heteroatoms. The molecule has 1 aliphatic rings. The predicted octanol–water partition coefficient (Wildman–Crippen LogP) is 2.86. The van der Waals surface area contributed by atoms with Gasteiger partial charge >= 0.3 is 0 Å². The van der Waals surface area contributed by atoms with Gasteiger partial charge in [-0.1, -0.05) is 29.8 Å². The fourth-order valence-electron chi connectivity index (χ4n) is 2.74. The van der Waals surface area contributed by atoms with Gasteiger partial charge in [0.15, 0.2) is 5.82 Å². The smallest absolute Gasteiger partial charge is 0.153 e. The zero-order valence-electron chi connectivity index (χ0n) is 11.1. The van der Waals surface area contributed by atoms with Crippen LogP contribution >= 0.6 is 0 Å². The third-order valence-corrected chi connectivity index (χ3v) is 3.70. The van der Waals surface area contributed by atoms with E-state index in [-0.39, 0.29) is 0 Å². The number of ether oxygens (including phenoxy) is 1. The van der Waals surface area contributed by atoms with Crippen molar-refractivity contribution < 1.29 is 4.74 Å². The van der Waals surface area contributed by atoms with Crippen molar-refractivity contribution in [3.8, 4) is 11.1 Å². The Morgan fingerprint density at radius 2 is 2.32 bits per heavy atom. The molecule has 0 saturated carbocycles. The second-order valence-electron chi connectivity index (χ2n) is 5.18. The highest BCUT2D eigenvalue weighted by atomic mass is 16.5. The Kier molecular flexibility index (Phi) is 3.25. The number of anilines is 1. The molecule has 100 valence electrons. The van der Waals surface area contributed by atoms with E-state index in [1.807, 2.05) is 0 Å². The Morgan fingerprint density at radius 1 is 1.42 bits per heavy atom. The van der Waals surface area contributed by atoms with Gasteiger partial charge in [0.05, 0.1) is 12.3 Å². The summed E-state index contributed by atoms with van der Waals surface area (Å²) in [4.78, 5) is 0. The molecule has 1 aromatic heterocycles. The number of nitrogens with one attached hydrogen (secondary N) is 1. The molecule has 1 aromatic carbocycles. The maximum atomic E-state index is 6.05. The van der Waals surface area contributed by atoms with E-state index in [1.165, 1.54) is 5.56 Å². The molecule has 19 heavy (non-hydrogen) atoms. The Morgan fingerprint density at radius 3 is 3.05 bits per heavy atom. The second kappa shape index (κ2) is 5.05. The van der Waals surface area contributed by atoms with E-state index in [0.29, 0.717) is 11.7 Å². The molecular weight excluding hydrogens is 238 g/mol. The van der Waals surface area contributed by atoms with Gasteiger partial charge in [-0.15, -0.1) is 0 Å². The molecule has 3 N–H and O–H groups in total. The average Bonchev–Trinajstić information content (AvgIpc) is 2.82. The van der Waals surface area contributed by atoms with Crippen molar-refractivity contribution in [3.63, 3.8) is 0 Å². The number of H-pyrrole nitrogens is 1. The Balaban J connectivity index is 2.03. The Bertz CT molecular complexity index is 571. The van der Waals surface area contributed by atoms with Gasteiger partial charge in [-0.2, -0.15) is 5.10 Å². The van der Waals surface area contributed by atoms with Crippen molar-refractivity contribution in [1.82, 2.24) is 10.2 Å². The topological polar surface area (TPSA) is 63.9 Å². The number of nitrogens with two attached hydrogens (primary N) is 1. The maximum Gasteiger partial charge on any atom is 0.153 e. The van der Waals surface area contributed by atoms with Crippen molar-refractivity contribution in [2.45, 2.75) is 25.7 Å².